The van der Waals surface area contributed by atoms with E-state index in [1.165, 1.54) is 16.8 Å². The highest BCUT2D eigenvalue weighted by Crippen LogP contribution is 2.35. The monoisotopic (exact) mass is 236 g/mol. The Morgan fingerprint density at radius 3 is 2.78 bits per heavy atom. The molecule has 2 nitrogen and oxygen atoms in total. The van der Waals surface area contributed by atoms with E-state index in [0.29, 0.717) is 5.92 Å². The largest absolute Gasteiger partial charge is 0.373 e. The predicted molar refractivity (Wildman–Crippen MR) is 75.7 cm³/mol. The Kier molecular flexibility index (Phi) is 2.85. The van der Waals surface area contributed by atoms with Gasteiger partial charge in [-0.05, 0) is 29.3 Å². The molecular formula is C16H16N2. The van der Waals surface area contributed by atoms with Gasteiger partial charge in [0.15, 0.2) is 0 Å². The molecule has 1 aliphatic heterocycles. The van der Waals surface area contributed by atoms with Crippen LogP contribution >= 0.6 is 0 Å². The summed E-state index contributed by atoms with van der Waals surface area (Å²) < 4.78 is 0. The Morgan fingerprint density at radius 2 is 1.94 bits per heavy atom. The van der Waals surface area contributed by atoms with Gasteiger partial charge in [0.2, 0.25) is 0 Å². The van der Waals surface area contributed by atoms with Gasteiger partial charge >= 0.3 is 0 Å². The summed E-state index contributed by atoms with van der Waals surface area (Å²) in [5.41, 5.74) is 3.98. The van der Waals surface area contributed by atoms with E-state index in [4.69, 9.17) is 0 Å². The molecule has 1 aliphatic rings. The maximum absolute atomic E-state index is 4.03. The van der Waals surface area contributed by atoms with Gasteiger partial charge in [0.25, 0.3) is 0 Å². The lowest BCUT2D eigenvalue weighted by atomic mass is 10.0. The van der Waals surface area contributed by atoms with Crippen LogP contribution in [0.25, 0.3) is 6.08 Å². The third kappa shape index (κ3) is 2.02. The number of pyridine rings is 1. The summed E-state index contributed by atoms with van der Waals surface area (Å²) in [5, 5.41) is 0. The minimum Gasteiger partial charge on any atom is -0.373 e. The quantitative estimate of drug-likeness (QED) is 0.795. The number of para-hydroxylation sites is 1. The van der Waals surface area contributed by atoms with Crippen LogP contribution in [0.5, 0.6) is 0 Å². The summed E-state index contributed by atoms with van der Waals surface area (Å²) in [7, 11) is 2.15. The summed E-state index contributed by atoms with van der Waals surface area (Å²) in [5.74, 6) is 0.486. The molecule has 2 aromatic rings. The lowest BCUT2D eigenvalue weighted by molar-refractivity contribution is 0.868. The normalized spacial score (nSPS) is 18.3. The number of fused-ring (bicyclic) bond motifs is 1. The molecule has 3 rings (SSSR count). The van der Waals surface area contributed by atoms with E-state index in [2.05, 4.69) is 53.3 Å². The molecule has 1 aromatic heterocycles. The first-order valence-corrected chi connectivity index (χ1v) is 6.23. The lowest BCUT2D eigenvalue weighted by Crippen LogP contribution is -2.14. The van der Waals surface area contributed by atoms with Gasteiger partial charge in [-0.15, -0.1) is 0 Å². The molecule has 0 aliphatic carbocycles. The van der Waals surface area contributed by atoms with Crippen LogP contribution < -0.4 is 4.90 Å². The first-order chi connectivity index (χ1) is 8.84. The molecule has 1 atom stereocenters. The minimum atomic E-state index is 0.486. The second-order valence-electron chi connectivity index (χ2n) is 4.69. The Morgan fingerprint density at radius 1 is 1.17 bits per heavy atom. The third-order valence-electron chi connectivity index (χ3n) is 3.45. The van der Waals surface area contributed by atoms with Gasteiger partial charge in [-0.3, -0.25) is 4.98 Å². The fourth-order valence-corrected chi connectivity index (χ4v) is 2.51. The van der Waals surface area contributed by atoms with E-state index in [1.807, 2.05) is 24.5 Å². The molecule has 1 aromatic carbocycles. The molecule has 0 N–H and O–H groups in total. The topological polar surface area (TPSA) is 16.1 Å². The summed E-state index contributed by atoms with van der Waals surface area (Å²) >= 11 is 0. The van der Waals surface area contributed by atoms with Crippen LogP contribution in [0.4, 0.5) is 5.69 Å². The fourth-order valence-electron chi connectivity index (χ4n) is 2.51. The molecule has 0 fully saturated rings. The number of nitrogens with zero attached hydrogens (tertiary/aromatic N) is 2. The molecule has 90 valence electrons. The van der Waals surface area contributed by atoms with Crippen molar-refractivity contribution in [2.45, 2.75) is 5.92 Å². The molecule has 0 spiro atoms. The van der Waals surface area contributed by atoms with Gasteiger partial charge in [0, 0.05) is 37.6 Å². The zero-order chi connectivity index (χ0) is 12.4. The molecule has 0 bridgehead atoms. The van der Waals surface area contributed by atoms with Gasteiger partial charge in [-0.2, -0.15) is 0 Å². The molecule has 2 heterocycles. The van der Waals surface area contributed by atoms with Crippen molar-refractivity contribution in [2.24, 2.45) is 0 Å². The number of hydrogen-bond acceptors (Lipinski definition) is 2. The Bertz CT molecular complexity index is 560. The van der Waals surface area contributed by atoms with Crippen LogP contribution in [0.1, 0.15) is 17.0 Å². The first-order valence-electron chi connectivity index (χ1n) is 6.23. The van der Waals surface area contributed by atoms with Crippen molar-refractivity contribution < 1.29 is 0 Å². The highest BCUT2D eigenvalue weighted by Gasteiger charge is 2.23. The molecule has 18 heavy (non-hydrogen) atoms. The fraction of sp³-hybridized carbons (Fsp3) is 0.188. The van der Waals surface area contributed by atoms with E-state index in [9.17, 15) is 0 Å². The summed E-state index contributed by atoms with van der Waals surface area (Å²) in [4.78, 5) is 6.35. The summed E-state index contributed by atoms with van der Waals surface area (Å²) in [6.07, 6.45) is 8.13. The molecule has 2 heteroatoms. The Hall–Kier alpha value is -2.09. The molecule has 1 unspecified atom stereocenters. The van der Waals surface area contributed by atoms with Crippen LogP contribution in [-0.4, -0.2) is 18.6 Å². The van der Waals surface area contributed by atoms with Crippen molar-refractivity contribution in [3.8, 4) is 0 Å². The molecular weight excluding hydrogens is 220 g/mol. The summed E-state index contributed by atoms with van der Waals surface area (Å²) in [6.45, 7) is 1.06. The first kappa shape index (κ1) is 11.0. The van der Waals surface area contributed by atoms with Crippen LogP contribution in [0.3, 0.4) is 0 Å². The second-order valence-corrected chi connectivity index (χ2v) is 4.69. The van der Waals surface area contributed by atoms with Crippen molar-refractivity contribution in [1.29, 1.82) is 0 Å². The van der Waals surface area contributed by atoms with Crippen molar-refractivity contribution in [2.75, 3.05) is 18.5 Å². The minimum absolute atomic E-state index is 0.486. The smallest absolute Gasteiger partial charge is 0.0403 e. The van der Waals surface area contributed by atoms with Crippen molar-refractivity contribution in [3.05, 3.63) is 66.0 Å². The molecule has 0 radical (unpaired) electrons. The van der Waals surface area contributed by atoms with Crippen LogP contribution in [0.15, 0.2) is 54.9 Å². The molecule has 0 saturated heterocycles. The second kappa shape index (κ2) is 4.65. The van der Waals surface area contributed by atoms with Crippen molar-refractivity contribution >= 4 is 11.8 Å². The predicted octanol–water partition coefficient (Wildman–Crippen LogP) is 3.33. The summed E-state index contributed by atoms with van der Waals surface area (Å²) in [6, 6.07) is 12.7. The highest BCUT2D eigenvalue weighted by molar-refractivity contribution is 5.62. The van der Waals surface area contributed by atoms with Gasteiger partial charge in [-0.1, -0.05) is 30.4 Å². The number of hydrogen-bond donors (Lipinski definition) is 0. The molecule has 0 saturated carbocycles. The number of benzene rings is 1. The lowest BCUT2D eigenvalue weighted by Gasteiger charge is -2.10. The van der Waals surface area contributed by atoms with Gasteiger partial charge in [0.1, 0.15) is 0 Å². The van der Waals surface area contributed by atoms with Gasteiger partial charge in [-0.25, -0.2) is 0 Å². The van der Waals surface area contributed by atoms with E-state index in [1.54, 1.807) is 0 Å². The van der Waals surface area contributed by atoms with E-state index >= 15 is 0 Å². The van der Waals surface area contributed by atoms with Crippen molar-refractivity contribution in [1.82, 2.24) is 4.98 Å². The maximum atomic E-state index is 4.03. The van der Waals surface area contributed by atoms with E-state index < -0.39 is 0 Å². The third-order valence-corrected chi connectivity index (χ3v) is 3.45. The van der Waals surface area contributed by atoms with Gasteiger partial charge in [0.05, 0.1) is 0 Å². The average molecular weight is 236 g/mol. The maximum Gasteiger partial charge on any atom is 0.0403 e. The number of aromatic nitrogens is 1. The van der Waals surface area contributed by atoms with E-state index in [0.717, 1.165) is 6.54 Å². The zero-order valence-corrected chi connectivity index (χ0v) is 10.5. The van der Waals surface area contributed by atoms with Crippen LogP contribution in [-0.2, 0) is 0 Å². The molecule has 0 amide bonds. The average Bonchev–Trinajstić information content (AvgIpc) is 2.75. The van der Waals surface area contributed by atoms with Gasteiger partial charge < -0.3 is 4.90 Å². The standard InChI is InChI=1S/C16H16N2/c1-18-12-14(15-4-2-3-5-16(15)18)7-6-13-8-10-17-11-9-13/h2-11,14H,12H2,1H3/b7-6+. The Balaban J connectivity index is 1.86. The Labute approximate surface area is 108 Å². The SMILES string of the molecule is CN1CC(/C=C/c2ccncc2)c2ccccc21. The van der Waals surface area contributed by atoms with E-state index in [-0.39, 0.29) is 0 Å². The van der Waals surface area contributed by atoms with Crippen molar-refractivity contribution in [3.63, 3.8) is 0 Å². The number of likely N-dealkylation sites (N-methyl/N-ethyl adjacent to an activating group) is 1. The van der Waals surface area contributed by atoms with Crippen LogP contribution in [0.2, 0.25) is 0 Å². The number of rotatable bonds is 2. The highest BCUT2D eigenvalue weighted by atomic mass is 15.1. The number of anilines is 1. The van der Waals surface area contributed by atoms with Crippen LogP contribution in [0, 0.1) is 0 Å². The zero-order valence-electron chi connectivity index (χ0n) is 10.5.